The Labute approximate surface area is 121 Å². The number of nitrogen functional groups attached to an aromatic ring is 1. The molecular weight excluding hydrogens is 274 g/mol. The van der Waals surface area contributed by atoms with Crippen LogP contribution in [0.2, 0.25) is 0 Å². The molecule has 1 aliphatic rings. The molecular formula is C14H23N3O2S. The van der Waals surface area contributed by atoms with Gasteiger partial charge in [0.1, 0.15) is 4.90 Å². The molecule has 0 bridgehead atoms. The van der Waals surface area contributed by atoms with Crippen molar-refractivity contribution in [3.8, 4) is 0 Å². The number of piperidine rings is 1. The standard InChI is InChI=1S/C14H23N3O2S/c1-17-10-7-12(8-11-17)6-9-16-20(18,19)14-5-3-2-4-13(14)15/h2-5,12,16H,6-11,15H2,1H3. The van der Waals surface area contributed by atoms with Crippen LogP contribution in [0.15, 0.2) is 29.2 Å². The van der Waals surface area contributed by atoms with Crippen molar-refractivity contribution >= 4 is 15.7 Å². The summed E-state index contributed by atoms with van der Waals surface area (Å²) >= 11 is 0. The number of nitrogens with zero attached hydrogens (tertiary/aromatic N) is 1. The van der Waals surface area contributed by atoms with Gasteiger partial charge in [-0.15, -0.1) is 0 Å². The summed E-state index contributed by atoms with van der Waals surface area (Å²) in [5.74, 6) is 0.613. The molecule has 2 rings (SSSR count). The highest BCUT2D eigenvalue weighted by molar-refractivity contribution is 7.89. The molecule has 3 N–H and O–H groups in total. The third kappa shape index (κ3) is 3.94. The highest BCUT2D eigenvalue weighted by atomic mass is 32.2. The van der Waals surface area contributed by atoms with E-state index in [9.17, 15) is 8.42 Å². The molecule has 20 heavy (non-hydrogen) atoms. The Morgan fingerprint density at radius 2 is 1.95 bits per heavy atom. The highest BCUT2D eigenvalue weighted by Gasteiger charge is 2.19. The maximum absolute atomic E-state index is 12.1. The summed E-state index contributed by atoms with van der Waals surface area (Å²) in [5.41, 5.74) is 6.00. The molecule has 1 heterocycles. The quantitative estimate of drug-likeness (QED) is 0.803. The lowest BCUT2D eigenvalue weighted by Gasteiger charge is -2.28. The summed E-state index contributed by atoms with van der Waals surface area (Å²) in [5, 5.41) is 0. The summed E-state index contributed by atoms with van der Waals surface area (Å²) in [7, 11) is -1.37. The first-order valence-corrected chi connectivity index (χ1v) is 8.50. The van der Waals surface area contributed by atoms with Crippen LogP contribution in [-0.4, -0.2) is 40.0 Å². The summed E-state index contributed by atoms with van der Waals surface area (Å²) in [4.78, 5) is 2.48. The molecule has 0 spiro atoms. The minimum atomic E-state index is -3.49. The van der Waals surface area contributed by atoms with E-state index in [1.165, 1.54) is 6.07 Å². The number of benzene rings is 1. The molecule has 1 aliphatic heterocycles. The number of nitrogens with one attached hydrogen (secondary N) is 1. The maximum Gasteiger partial charge on any atom is 0.242 e. The normalized spacial score (nSPS) is 18.2. The van der Waals surface area contributed by atoms with E-state index in [1.807, 2.05) is 0 Å². The van der Waals surface area contributed by atoms with Crippen LogP contribution < -0.4 is 10.5 Å². The third-order valence-corrected chi connectivity index (χ3v) is 5.43. The first kappa shape index (κ1) is 15.3. The summed E-state index contributed by atoms with van der Waals surface area (Å²) in [6.07, 6.45) is 3.18. The third-order valence-electron chi connectivity index (χ3n) is 3.89. The van der Waals surface area contributed by atoms with Crippen LogP contribution in [0.4, 0.5) is 5.69 Å². The van der Waals surface area contributed by atoms with E-state index >= 15 is 0 Å². The number of rotatable bonds is 5. The molecule has 1 fully saturated rings. The van der Waals surface area contributed by atoms with Crippen LogP contribution in [-0.2, 0) is 10.0 Å². The van der Waals surface area contributed by atoms with Gasteiger partial charge < -0.3 is 10.6 Å². The minimum absolute atomic E-state index is 0.170. The van der Waals surface area contributed by atoms with E-state index in [0.717, 1.165) is 32.4 Å². The number of hydrogen-bond acceptors (Lipinski definition) is 4. The van der Waals surface area contributed by atoms with Crippen LogP contribution in [0, 0.1) is 5.92 Å². The molecule has 6 heteroatoms. The van der Waals surface area contributed by atoms with Crippen molar-refractivity contribution in [3.05, 3.63) is 24.3 Å². The van der Waals surface area contributed by atoms with Gasteiger partial charge in [0.2, 0.25) is 10.0 Å². The smallest absolute Gasteiger partial charge is 0.242 e. The lowest BCUT2D eigenvalue weighted by molar-refractivity contribution is 0.213. The van der Waals surface area contributed by atoms with E-state index in [-0.39, 0.29) is 4.90 Å². The maximum atomic E-state index is 12.1. The Morgan fingerprint density at radius 3 is 2.60 bits per heavy atom. The number of para-hydroxylation sites is 1. The second-order valence-corrected chi connectivity index (χ2v) is 7.21. The molecule has 0 aromatic heterocycles. The van der Waals surface area contributed by atoms with Crippen LogP contribution in [0.1, 0.15) is 19.3 Å². The second kappa shape index (κ2) is 6.56. The van der Waals surface area contributed by atoms with Crippen molar-refractivity contribution in [3.63, 3.8) is 0 Å². The largest absolute Gasteiger partial charge is 0.398 e. The van der Waals surface area contributed by atoms with E-state index < -0.39 is 10.0 Å². The van der Waals surface area contributed by atoms with Gasteiger partial charge in [0.25, 0.3) is 0 Å². The molecule has 0 radical (unpaired) electrons. The first-order chi connectivity index (χ1) is 9.49. The minimum Gasteiger partial charge on any atom is -0.398 e. The van der Waals surface area contributed by atoms with Gasteiger partial charge in [-0.3, -0.25) is 0 Å². The van der Waals surface area contributed by atoms with Gasteiger partial charge in [-0.25, -0.2) is 13.1 Å². The average molecular weight is 297 g/mol. The molecule has 5 nitrogen and oxygen atoms in total. The fraction of sp³-hybridized carbons (Fsp3) is 0.571. The monoisotopic (exact) mass is 297 g/mol. The van der Waals surface area contributed by atoms with Crippen molar-refractivity contribution in [2.75, 3.05) is 32.4 Å². The Bertz CT molecular complexity index is 537. The van der Waals surface area contributed by atoms with E-state index in [1.54, 1.807) is 18.2 Å². The summed E-state index contributed by atoms with van der Waals surface area (Å²) in [6, 6.07) is 6.55. The predicted molar refractivity (Wildman–Crippen MR) is 80.9 cm³/mol. The van der Waals surface area contributed by atoms with E-state index in [0.29, 0.717) is 18.2 Å². The molecule has 0 aliphatic carbocycles. The molecule has 0 saturated carbocycles. The van der Waals surface area contributed by atoms with Gasteiger partial charge in [0.05, 0.1) is 5.69 Å². The number of hydrogen-bond donors (Lipinski definition) is 2. The van der Waals surface area contributed by atoms with Crippen LogP contribution in [0.3, 0.4) is 0 Å². The summed E-state index contributed by atoms with van der Waals surface area (Å²) in [6.45, 7) is 2.68. The second-order valence-electron chi connectivity index (χ2n) is 5.47. The molecule has 1 aromatic rings. The predicted octanol–water partition coefficient (Wildman–Crippen LogP) is 1.28. The lowest BCUT2D eigenvalue weighted by Crippen LogP contribution is -2.32. The van der Waals surface area contributed by atoms with Crippen molar-refractivity contribution in [2.45, 2.75) is 24.2 Å². The van der Waals surface area contributed by atoms with E-state index in [2.05, 4.69) is 16.7 Å². The Kier molecular flexibility index (Phi) is 5.01. The van der Waals surface area contributed by atoms with Crippen molar-refractivity contribution < 1.29 is 8.42 Å². The van der Waals surface area contributed by atoms with Crippen LogP contribution >= 0.6 is 0 Å². The van der Waals surface area contributed by atoms with Gasteiger partial charge in [-0.2, -0.15) is 0 Å². The average Bonchev–Trinajstić information content (AvgIpc) is 2.41. The lowest BCUT2D eigenvalue weighted by atomic mass is 9.94. The molecule has 112 valence electrons. The topological polar surface area (TPSA) is 75.4 Å². The Morgan fingerprint density at radius 1 is 1.30 bits per heavy atom. The number of likely N-dealkylation sites (tertiary alicyclic amines) is 1. The molecule has 1 aromatic carbocycles. The fourth-order valence-corrected chi connectivity index (χ4v) is 3.73. The van der Waals surface area contributed by atoms with Gasteiger partial charge >= 0.3 is 0 Å². The first-order valence-electron chi connectivity index (χ1n) is 7.02. The molecule has 0 unspecified atom stereocenters. The summed E-state index contributed by atoms with van der Waals surface area (Å²) < 4.78 is 26.9. The van der Waals surface area contributed by atoms with Gasteiger partial charge in [-0.1, -0.05) is 12.1 Å². The SMILES string of the molecule is CN1CCC(CCNS(=O)(=O)c2ccccc2N)CC1. The van der Waals surface area contributed by atoms with Crippen LogP contribution in [0.5, 0.6) is 0 Å². The van der Waals surface area contributed by atoms with Crippen molar-refractivity contribution in [1.82, 2.24) is 9.62 Å². The number of nitrogens with two attached hydrogens (primary N) is 1. The van der Waals surface area contributed by atoms with Crippen molar-refractivity contribution in [2.24, 2.45) is 5.92 Å². The Hall–Kier alpha value is -1.11. The van der Waals surface area contributed by atoms with Gasteiger partial charge in [0.15, 0.2) is 0 Å². The van der Waals surface area contributed by atoms with Gasteiger partial charge in [0, 0.05) is 6.54 Å². The van der Waals surface area contributed by atoms with E-state index in [4.69, 9.17) is 5.73 Å². The van der Waals surface area contributed by atoms with Crippen LogP contribution in [0.25, 0.3) is 0 Å². The number of sulfonamides is 1. The number of anilines is 1. The molecule has 0 atom stereocenters. The van der Waals surface area contributed by atoms with Crippen molar-refractivity contribution in [1.29, 1.82) is 0 Å². The zero-order chi connectivity index (χ0) is 14.6. The molecule has 0 amide bonds. The zero-order valence-corrected chi connectivity index (χ0v) is 12.7. The van der Waals surface area contributed by atoms with Gasteiger partial charge in [-0.05, 0) is 57.5 Å². The fourth-order valence-electron chi connectivity index (χ4n) is 2.55. The highest BCUT2D eigenvalue weighted by Crippen LogP contribution is 2.20. The molecule has 1 saturated heterocycles. The zero-order valence-electron chi connectivity index (χ0n) is 11.9. The Balaban J connectivity index is 1.86.